The fraction of sp³-hybridized carbons (Fsp3) is 0.300. The summed E-state index contributed by atoms with van der Waals surface area (Å²) in [4.78, 5) is 26.3. The molecular weight excluding hydrogens is 396 g/mol. The van der Waals surface area contributed by atoms with Gasteiger partial charge in [0.2, 0.25) is 0 Å². The fourth-order valence-corrected chi connectivity index (χ4v) is 3.83. The van der Waals surface area contributed by atoms with Crippen LogP contribution in [-0.4, -0.2) is 22.9 Å². The molecule has 5 nitrogen and oxygen atoms in total. The minimum atomic E-state index is -0.326. The molecule has 0 bridgehead atoms. The van der Waals surface area contributed by atoms with Gasteiger partial charge >= 0.3 is 6.03 Å². The normalized spacial score (nSPS) is 20.0. The van der Waals surface area contributed by atoms with Gasteiger partial charge in [-0.1, -0.05) is 47.3 Å². The van der Waals surface area contributed by atoms with E-state index in [-0.39, 0.29) is 23.7 Å². The number of carbonyl (C=O) groups excluding carboxylic acids is 2. The van der Waals surface area contributed by atoms with Gasteiger partial charge < -0.3 is 9.73 Å². The Hall–Kier alpha value is -2.34. The van der Waals surface area contributed by atoms with E-state index in [9.17, 15) is 9.59 Å². The predicted molar refractivity (Wildman–Crippen MR) is 102 cm³/mol. The standard InChI is InChI=1S/C20H19BrN2O3/c21-14-8-6-13(7-9-14)18-11-10-16(26-18)12-17-19(24)23(20(25)22-17)15-4-2-1-3-5-15/h6-12,15H,1-5H2,(H,22,25)/b17-12-. The maximum Gasteiger partial charge on any atom is 0.329 e. The molecule has 1 N–H and O–H groups in total. The van der Waals surface area contributed by atoms with Crippen molar-refractivity contribution in [3.63, 3.8) is 0 Å². The topological polar surface area (TPSA) is 62.6 Å². The molecule has 134 valence electrons. The van der Waals surface area contributed by atoms with Gasteiger partial charge in [-0.05, 0) is 37.1 Å². The van der Waals surface area contributed by atoms with Gasteiger partial charge in [0.15, 0.2) is 0 Å². The zero-order chi connectivity index (χ0) is 18.1. The average Bonchev–Trinajstić information content (AvgIpc) is 3.21. The molecule has 2 heterocycles. The molecule has 0 unspecified atom stereocenters. The first-order chi connectivity index (χ1) is 12.6. The lowest BCUT2D eigenvalue weighted by Crippen LogP contribution is -2.41. The monoisotopic (exact) mass is 414 g/mol. The van der Waals surface area contributed by atoms with Gasteiger partial charge in [0.1, 0.15) is 17.2 Å². The Bertz CT molecular complexity index is 863. The molecule has 1 aromatic carbocycles. The number of hydrogen-bond acceptors (Lipinski definition) is 3. The van der Waals surface area contributed by atoms with Crippen LogP contribution in [0.5, 0.6) is 0 Å². The number of nitrogens with one attached hydrogen (secondary N) is 1. The Labute approximate surface area is 160 Å². The Balaban J connectivity index is 1.54. The Morgan fingerprint density at radius 2 is 1.77 bits per heavy atom. The lowest BCUT2D eigenvalue weighted by atomic mass is 9.94. The summed E-state index contributed by atoms with van der Waals surface area (Å²) in [5.74, 6) is 0.991. The lowest BCUT2D eigenvalue weighted by molar-refractivity contribution is -0.124. The van der Waals surface area contributed by atoms with Crippen molar-refractivity contribution in [2.24, 2.45) is 0 Å². The zero-order valence-corrected chi connectivity index (χ0v) is 15.8. The van der Waals surface area contributed by atoms with E-state index in [1.165, 1.54) is 11.3 Å². The second-order valence-electron chi connectivity index (χ2n) is 6.66. The number of furan rings is 1. The Kier molecular flexibility index (Phi) is 4.68. The number of nitrogens with zero attached hydrogens (tertiary/aromatic N) is 1. The van der Waals surface area contributed by atoms with E-state index in [1.54, 1.807) is 12.1 Å². The molecule has 26 heavy (non-hydrogen) atoms. The number of rotatable bonds is 3. The molecule has 1 aromatic heterocycles. The minimum Gasteiger partial charge on any atom is -0.457 e. The molecule has 1 saturated carbocycles. The van der Waals surface area contributed by atoms with E-state index in [1.807, 2.05) is 30.3 Å². The second kappa shape index (κ2) is 7.11. The highest BCUT2D eigenvalue weighted by molar-refractivity contribution is 9.10. The average molecular weight is 415 g/mol. The number of halogens is 1. The molecule has 1 saturated heterocycles. The summed E-state index contributed by atoms with van der Waals surface area (Å²) < 4.78 is 6.82. The summed E-state index contributed by atoms with van der Waals surface area (Å²) in [6.07, 6.45) is 6.69. The van der Waals surface area contributed by atoms with Gasteiger partial charge in [-0.3, -0.25) is 9.69 Å². The predicted octanol–water partition coefficient (Wildman–Crippen LogP) is 4.93. The van der Waals surface area contributed by atoms with Crippen LogP contribution in [0.25, 0.3) is 17.4 Å². The van der Waals surface area contributed by atoms with Gasteiger partial charge in [-0.25, -0.2) is 4.79 Å². The Morgan fingerprint density at radius 3 is 2.50 bits per heavy atom. The molecule has 0 spiro atoms. The van der Waals surface area contributed by atoms with Gasteiger partial charge in [-0.15, -0.1) is 0 Å². The zero-order valence-electron chi connectivity index (χ0n) is 14.2. The van der Waals surface area contributed by atoms with Crippen LogP contribution in [0.2, 0.25) is 0 Å². The number of imide groups is 1. The van der Waals surface area contributed by atoms with Crippen LogP contribution in [-0.2, 0) is 4.79 Å². The van der Waals surface area contributed by atoms with E-state index in [4.69, 9.17) is 4.42 Å². The molecule has 2 fully saturated rings. The van der Waals surface area contributed by atoms with Crippen molar-refractivity contribution in [1.29, 1.82) is 0 Å². The van der Waals surface area contributed by atoms with Gasteiger partial charge in [0.25, 0.3) is 5.91 Å². The highest BCUT2D eigenvalue weighted by Gasteiger charge is 2.39. The number of carbonyl (C=O) groups is 2. The van der Waals surface area contributed by atoms with E-state index < -0.39 is 0 Å². The first kappa shape index (κ1) is 17.1. The summed E-state index contributed by atoms with van der Waals surface area (Å²) in [5.41, 5.74) is 1.22. The second-order valence-corrected chi connectivity index (χ2v) is 7.58. The van der Waals surface area contributed by atoms with Crippen LogP contribution in [0.1, 0.15) is 37.9 Å². The SMILES string of the molecule is O=C1N/C(=C\c2ccc(-c3ccc(Br)cc3)o2)C(=O)N1C1CCCCC1. The third-order valence-corrected chi connectivity index (χ3v) is 5.42. The molecule has 0 radical (unpaired) electrons. The fourth-order valence-electron chi connectivity index (χ4n) is 3.56. The van der Waals surface area contributed by atoms with Crippen LogP contribution >= 0.6 is 15.9 Å². The van der Waals surface area contributed by atoms with E-state index in [2.05, 4.69) is 21.2 Å². The molecule has 0 atom stereocenters. The van der Waals surface area contributed by atoms with Gasteiger partial charge in [0.05, 0.1) is 0 Å². The van der Waals surface area contributed by atoms with Crippen LogP contribution < -0.4 is 5.32 Å². The number of benzene rings is 1. The first-order valence-corrected chi connectivity index (χ1v) is 9.63. The van der Waals surface area contributed by atoms with Crippen molar-refractivity contribution in [1.82, 2.24) is 10.2 Å². The summed E-state index contributed by atoms with van der Waals surface area (Å²) in [6, 6.07) is 11.1. The van der Waals surface area contributed by atoms with Gasteiger partial charge in [0, 0.05) is 22.2 Å². The maximum atomic E-state index is 12.7. The summed E-state index contributed by atoms with van der Waals surface area (Å²) in [6.45, 7) is 0. The number of amides is 3. The first-order valence-electron chi connectivity index (χ1n) is 8.84. The Morgan fingerprint density at radius 1 is 1.04 bits per heavy atom. The largest absolute Gasteiger partial charge is 0.457 e. The highest BCUT2D eigenvalue weighted by Crippen LogP contribution is 2.28. The highest BCUT2D eigenvalue weighted by atomic mass is 79.9. The van der Waals surface area contributed by atoms with Crippen molar-refractivity contribution in [3.8, 4) is 11.3 Å². The molecular formula is C20H19BrN2O3. The molecule has 1 aliphatic heterocycles. The summed E-state index contributed by atoms with van der Waals surface area (Å²) >= 11 is 3.41. The lowest BCUT2D eigenvalue weighted by Gasteiger charge is -2.28. The summed E-state index contributed by atoms with van der Waals surface area (Å²) in [7, 11) is 0. The van der Waals surface area contributed by atoms with Crippen LogP contribution in [0.15, 0.2) is 51.0 Å². The van der Waals surface area contributed by atoms with Crippen molar-refractivity contribution in [3.05, 3.63) is 52.3 Å². The van der Waals surface area contributed by atoms with Crippen molar-refractivity contribution in [2.45, 2.75) is 38.1 Å². The minimum absolute atomic E-state index is 0.0112. The number of hydrogen-bond donors (Lipinski definition) is 1. The van der Waals surface area contributed by atoms with Crippen molar-refractivity contribution < 1.29 is 14.0 Å². The molecule has 1 aliphatic carbocycles. The van der Waals surface area contributed by atoms with Crippen molar-refractivity contribution >= 4 is 33.9 Å². The third-order valence-electron chi connectivity index (χ3n) is 4.89. The molecule has 2 aromatic rings. The molecule has 4 rings (SSSR count). The molecule has 6 heteroatoms. The maximum absolute atomic E-state index is 12.7. The smallest absolute Gasteiger partial charge is 0.329 e. The van der Waals surface area contributed by atoms with Crippen LogP contribution in [0.4, 0.5) is 4.79 Å². The summed E-state index contributed by atoms with van der Waals surface area (Å²) in [5, 5.41) is 2.69. The van der Waals surface area contributed by atoms with E-state index in [0.29, 0.717) is 11.5 Å². The van der Waals surface area contributed by atoms with E-state index >= 15 is 0 Å². The number of urea groups is 1. The van der Waals surface area contributed by atoms with Crippen molar-refractivity contribution in [2.75, 3.05) is 0 Å². The molecule has 3 amide bonds. The van der Waals surface area contributed by atoms with Gasteiger partial charge in [-0.2, -0.15) is 0 Å². The third kappa shape index (κ3) is 3.33. The van der Waals surface area contributed by atoms with Crippen LogP contribution in [0, 0.1) is 0 Å². The molecule has 2 aliphatic rings. The van der Waals surface area contributed by atoms with E-state index in [0.717, 1.165) is 35.7 Å². The quantitative estimate of drug-likeness (QED) is 0.571. The van der Waals surface area contributed by atoms with Crippen LogP contribution in [0.3, 0.4) is 0 Å².